The Balaban J connectivity index is 1.70. The Hall–Kier alpha value is -3.73. The minimum atomic E-state index is -0.509. The van der Waals surface area contributed by atoms with Crippen molar-refractivity contribution in [1.29, 1.82) is 0 Å². The van der Waals surface area contributed by atoms with Gasteiger partial charge in [0.15, 0.2) is 5.43 Å². The summed E-state index contributed by atoms with van der Waals surface area (Å²) in [5.41, 5.74) is 3.67. The number of carbonyl (C=O) groups is 1. The number of hydrogen-bond donors (Lipinski definition) is 0. The van der Waals surface area contributed by atoms with Gasteiger partial charge in [-0.2, -0.15) is 0 Å². The lowest BCUT2D eigenvalue weighted by Crippen LogP contribution is -2.29. The number of amides is 1. The van der Waals surface area contributed by atoms with E-state index >= 15 is 0 Å². The molecule has 3 heterocycles. The molecule has 5 nitrogen and oxygen atoms in total. The number of benzene rings is 2. The Morgan fingerprint density at radius 1 is 1.00 bits per heavy atom. The third-order valence-corrected chi connectivity index (χ3v) is 5.87. The molecular weight excluding hydrogens is 388 g/mol. The smallest absolute Gasteiger partial charge is 0.291 e. The first-order chi connectivity index (χ1) is 15.0. The Bertz CT molecular complexity index is 1320. The highest BCUT2D eigenvalue weighted by molar-refractivity contribution is 5.99. The minimum absolute atomic E-state index is 0.130. The first-order valence-corrected chi connectivity index (χ1v) is 10.4. The van der Waals surface area contributed by atoms with Crippen molar-refractivity contribution >= 4 is 16.9 Å². The molecule has 154 valence electrons. The van der Waals surface area contributed by atoms with Crippen LogP contribution in [0.5, 0.6) is 0 Å². The molecule has 0 fully saturated rings. The van der Waals surface area contributed by atoms with Crippen LogP contribution in [0, 0.1) is 0 Å². The lowest BCUT2D eigenvalue weighted by atomic mass is 9.95. The average molecular weight is 410 g/mol. The van der Waals surface area contributed by atoms with Crippen molar-refractivity contribution in [2.75, 3.05) is 0 Å². The van der Waals surface area contributed by atoms with E-state index in [2.05, 4.69) is 31.0 Å². The van der Waals surface area contributed by atoms with E-state index in [4.69, 9.17) is 4.42 Å². The number of hydrogen-bond acceptors (Lipinski definition) is 4. The molecule has 0 bridgehead atoms. The van der Waals surface area contributed by atoms with Crippen molar-refractivity contribution in [2.45, 2.75) is 32.4 Å². The molecule has 2 aromatic carbocycles. The van der Waals surface area contributed by atoms with Crippen LogP contribution in [0.3, 0.4) is 0 Å². The van der Waals surface area contributed by atoms with Crippen LogP contribution in [-0.4, -0.2) is 15.8 Å². The number of aromatic nitrogens is 1. The van der Waals surface area contributed by atoms with Gasteiger partial charge in [0.25, 0.3) is 5.91 Å². The van der Waals surface area contributed by atoms with Gasteiger partial charge in [-0.3, -0.25) is 14.6 Å². The zero-order valence-electron chi connectivity index (χ0n) is 17.4. The fourth-order valence-electron chi connectivity index (χ4n) is 4.23. The molecule has 0 spiro atoms. The number of fused-ring (bicyclic) bond motifs is 2. The minimum Gasteiger partial charge on any atom is -0.450 e. The summed E-state index contributed by atoms with van der Waals surface area (Å²) in [4.78, 5) is 32.8. The molecule has 1 amide bonds. The fraction of sp³-hybridized carbons (Fsp3) is 0.192. The van der Waals surface area contributed by atoms with Crippen LogP contribution in [-0.2, 0) is 6.54 Å². The molecule has 0 radical (unpaired) electrons. The quantitative estimate of drug-likeness (QED) is 0.472. The van der Waals surface area contributed by atoms with Crippen LogP contribution < -0.4 is 5.43 Å². The zero-order valence-corrected chi connectivity index (χ0v) is 17.4. The predicted molar refractivity (Wildman–Crippen MR) is 119 cm³/mol. The van der Waals surface area contributed by atoms with Gasteiger partial charge < -0.3 is 9.32 Å². The van der Waals surface area contributed by atoms with Gasteiger partial charge in [-0.25, -0.2) is 0 Å². The topological polar surface area (TPSA) is 63.4 Å². The van der Waals surface area contributed by atoms with Gasteiger partial charge in [0.1, 0.15) is 5.58 Å². The van der Waals surface area contributed by atoms with E-state index in [0.29, 0.717) is 29.0 Å². The summed E-state index contributed by atoms with van der Waals surface area (Å²) in [5.74, 6) is 0.247. The Morgan fingerprint density at radius 2 is 1.77 bits per heavy atom. The van der Waals surface area contributed by atoms with E-state index in [1.165, 1.54) is 5.56 Å². The summed E-state index contributed by atoms with van der Waals surface area (Å²) in [5, 5.41) is 0.487. The van der Waals surface area contributed by atoms with Gasteiger partial charge in [0.05, 0.1) is 17.0 Å². The van der Waals surface area contributed by atoms with Crippen molar-refractivity contribution in [3.05, 3.63) is 111 Å². The molecule has 2 aromatic heterocycles. The molecular formula is C26H22N2O3. The molecule has 0 saturated carbocycles. The molecule has 0 unspecified atom stereocenters. The van der Waals surface area contributed by atoms with Gasteiger partial charge in [-0.15, -0.1) is 0 Å². The van der Waals surface area contributed by atoms with Gasteiger partial charge in [-0.1, -0.05) is 56.3 Å². The van der Waals surface area contributed by atoms with Crippen LogP contribution in [0.2, 0.25) is 0 Å². The number of nitrogens with zero attached hydrogens (tertiary/aromatic N) is 2. The highest BCUT2D eigenvalue weighted by atomic mass is 16.3. The number of para-hydroxylation sites is 1. The molecule has 4 aromatic rings. The predicted octanol–water partition coefficient (Wildman–Crippen LogP) is 5.06. The highest BCUT2D eigenvalue weighted by Gasteiger charge is 2.42. The van der Waals surface area contributed by atoms with E-state index in [9.17, 15) is 9.59 Å². The van der Waals surface area contributed by atoms with Crippen LogP contribution in [0.1, 0.15) is 58.6 Å². The maximum Gasteiger partial charge on any atom is 0.291 e. The Kier molecular flexibility index (Phi) is 4.66. The van der Waals surface area contributed by atoms with Crippen LogP contribution >= 0.6 is 0 Å². The normalized spacial score (nSPS) is 15.6. The van der Waals surface area contributed by atoms with Gasteiger partial charge >= 0.3 is 0 Å². The van der Waals surface area contributed by atoms with Crippen LogP contribution in [0.15, 0.2) is 82.3 Å². The monoisotopic (exact) mass is 410 g/mol. The molecule has 31 heavy (non-hydrogen) atoms. The second-order valence-electron chi connectivity index (χ2n) is 8.19. The summed E-state index contributed by atoms with van der Waals surface area (Å²) in [7, 11) is 0. The largest absolute Gasteiger partial charge is 0.450 e. The maximum absolute atomic E-state index is 13.5. The molecule has 0 saturated heterocycles. The lowest BCUT2D eigenvalue weighted by Gasteiger charge is -2.25. The first-order valence-electron chi connectivity index (χ1n) is 10.4. The van der Waals surface area contributed by atoms with Gasteiger partial charge in [0.2, 0.25) is 5.76 Å². The molecule has 5 rings (SSSR count). The Morgan fingerprint density at radius 3 is 2.48 bits per heavy atom. The second kappa shape index (κ2) is 7.51. The number of pyridine rings is 1. The van der Waals surface area contributed by atoms with Crippen molar-refractivity contribution in [2.24, 2.45) is 0 Å². The summed E-state index contributed by atoms with van der Waals surface area (Å²) >= 11 is 0. The maximum atomic E-state index is 13.5. The summed E-state index contributed by atoms with van der Waals surface area (Å²) < 4.78 is 5.97. The van der Waals surface area contributed by atoms with Gasteiger partial charge in [0, 0.05) is 18.9 Å². The average Bonchev–Trinajstić information content (AvgIpc) is 3.06. The fourth-order valence-corrected chi connectivity index (χ4v) is 4.23. The Labute approximate surface area is 180 Å². The molecule has 0 aliphatic carbocycles. The van der Waals surface area contributed by atoms with E-state index in [-0.39, 0.29) is 17.1 Å². The van der Waals surface area contributed by atoms with Crippen molar-refractivity contribution in [1.82, 2.24) is 9.88 Å². The SMILES string of the molecule is CC(C)c1ccc([C@H]2c3c(oc4ccccc4c3=O)C(=O)N2Cc2cccnc2)cc1. The molecule has 1 atom stereocenters. The zero-order chi connectivity index (χ0) is 21.5. The molecule has 0 N–H and O–H groups in total. The van der Waals surface area contributed by atoms with E-state index in [1.807, 2.05) is 30.3 Å². The van der Waals surface area contributed by atoms with Crippen LogP contribution in [0.25, 0.3) is 11.0 Å². The standard InChI is InChI=1S/C26H22N2O3/c1-16(2)18-9-11-19(12-10-18)23-22-24(29)20-7-3-4-8-21(20)31-25(22)26(30)28(23)15-17-6-5-13-27-14-17/h3-14,16,23H,15H2,1-2H3/t23-/m0/s1. The summed E-state index contributed by atoms with van der Waals surface area (Å²) in [6.45, 7) is 4.61. The highest BCUT2D eigenvalue weighted by Crippen LogP contribution is 2.39. The second-order valence-corrected chi connectivity index (χ2v) is 8.19. The number of rotatable bonds is 4. The molecule has 5 heteroatoms. The van der Waals surface area contributed by atoms with Crippen LogP contribution in [0.4, 0.5) is 0 Å². The van der Waals surface area contributed by atoms with E-state index in [0.717, 1.165) is 11.1 Å². The summed E-state index contributed by atoms with van der Waals surface area (Å²) in [6.07, 6.45) is 3.44. The lowest BCUT2D eigenvalue weighted by molar-refractivity contribution is 0.0714. The van der Waals surface area contributed by atoms with Gasteiger partial charge in [-0.05, 0) is 40.8 Å². The van der Waals surface area contributed by atoms with E-state index in [1.54, 1.807) is 35.5 Å². The summed E-state index contributed by atoms with van der Waals surface area (Å²) in [6, 6.07) is 18.5. The van der Waals surface area contributed by atoms with Crippen molar-refractivity contribution in [3.63, 3.8) is 0 Å². The van der Waals surface area contributed by atoms with Crippen molar-refractivity contribution < 1.29 is 9.21 Å². The first kappa shape index (κ1) is 19.2. The third kappa shape index (κ3) is 3.22. The molecule has 1 aliphatic heterocycles. The van der Waals surface area contributed by atoms with Crippen molar-refractivity contribution in [3.8, 4) is 0 Å². The third-order valence-electron chi connectivity index (χ3n) is 5.87. The van der Waals surface area contributed by atoms with E-state index < -0.39 is 6.04 Å². The number of carbonyl (C=O) groups excluding carboxylic acids is 1. The molecule has 1 aliphatic rings.